The summed E-state index contributed by atoms with van der Waals surface area (Å²) < 4.78 is 10.8. The van der Waals surface area contributed by atoms with Crippen LogP contribution in [0.3, 0.4) is 0 Å². The highest BCUT2D eigenvalue weighted by molar-refractivity contribution is 9.10. The first-order chi connectivity index (χ1) is 11.2. The molecule has 0 bridgehead atoms. The Bertz CT molecular complexity index is 788. The van der Waals surface area contributed by atoms with Crippen LogP contribution in [0.1, 0.15) is 5.56 Å². The summed E-state index contributed by atoms with van der Waals surface area (Å²) in [5, 5.41) is 10.0. The maximum absolute atomic E-state index is 11.9. The Labute approximate surface area is 140 Å². The number of carbonyl (C=O) groups excluding carboxylic acids is 1. The van der Waals surface area contributed by atoms with E-state index in [1.54, 1.807) is 0 Å². The summed E-state index contributed by atoms with van der Waals surface area (Å²) in [6.45, 7) is 0.172. The number of halogens is 1. The van der Waals surface area contributed by atoms with E-state index in [-0.39, 0.29) is 12.4 Å². The van der Waals surface area contributed by atoms with E-state index in [1.165, 1.54) is 0 Å². The number of nitrogens with zero attached hydrogens (tertiary/aromatic N) is 2. The number of hydrogen-bond acceptors (Lipinski definition) is 5. The van der Waals surface area contributed by atoms with Crippen LogP contribution in [0, 0.1) is 0 Å². The average molecular weight is 374 g/mol. The number of anilines is 1. The molecule has 3 rings (SSSR count). The molecule has 0 atom stereocenters. The van der Waals surface area contributed by atoms with Gasteiger partial charge < -0.3 is 4.74 Å². The van der Waals surface area contributed by atoms with Crippen LogP contribution in [0.5, 0.6) is 0 Å². The van der Waals surface area contributed by atoms with Crippen LogP contribution in [-0.2, 0) is 11.3 Å². The number of aromatic nitrogens is 2. The number of rotatable bonds is 4. The molecule has 2 aromatic carbocycles. The highest BCUT2D eigenvalue weighted by atomic mass is 79.9. The minimum atomic E-state index is -0.622. The molecule has 116 valence electrons. The van der Waals surface area contributed by atoms with Crippen molar-refractivity contribution in [2.24, 2.45) is 0 Å². The second-order valence-electron chi connectivity index (χ2n) is 4.66. The van der Waals surface area contributed by atoms with Gasteiger partial charge in [-0.1, -0.05) is 58.4 Å². The Hall–Kier alpha value is -2.67. The molecule has 1 N–H and O–H groups in total. The van der Waals surface area contributed by atoms with Crippen LogP contribution < -0.4 is 5.32 Å². The number of ether oxygens (including phenoxy) is 1. The molecule has 1 aromatic heterocycles. The van der Waals surface area contributed by atoms with Gasteiger partial charge in [0.1, 0.15) is 6.61 Å². The fourth-order valence-electron chi connectivity index (χ4n) is 1.92. The molecule has 0 unspecified atom stereocenters. The van der Waals surface area contributed by atoms with Gasteiger partial charge in [0.15, 0.2) is 5.69 Å². The Morgan fingerprint density at radius 3 is 2.57 bits per heavy atom. The van der Waals surface area contributed by atoms with Gasteiger partial charge in [0.25, 0.3) is 0 Å². The SMILES string of the molecule is O=C(Nc1nonc1-c1ccc(Br)cc1)OCc1ccccc1. The van der Waals surface area contributed by atoms with E-state index in [9.17, 15) is 4.79 Å². The lowest BCUT2D eigenvalue weighted by Crippen LogP contribution is -2.14. The first-order valence-corrected chi connectivity index (χ1v) is 7.58. The number of carbonyl (C=O) groups is 1. The molecule has 0 aliphatic heterocycles. The third-order valence-electron chi connectivity index (χ3n) is 3.04. The Balaban J connectivity index is 1.65. The lowest BCUT2D eigenvalue weighted by molar-refractivity contribution is 0.155. The van der Waals surface area contributed by atoms with Crippen LogP contribution in [0.25, 0.3) is 11.3 Å². The summed E-state index contributed by atoms with van der Waals surface area (Å²) in [5.74, 6) is 0.213. The molecule has 0 radical (unpaired) electrons. The monoisotopic (exact) mass is 373 g/mol. The second kappa shape index (κ2) is 7.06. The van der Waals surface area contributed by atoms with Crippen molar-refractivity contribution in [3.63, 3.8) is 0 Å². The van der Waals surface area contributed by atoms with Crippen LogP contribution in [0.4, 0.5) is 10.6 Å². The smallest absolute Gasteiger partial charge is 0.413 e. The van der Waals surface area contributed by atoms with Crippen LogP contribution in [-0.4, -0.2) is 16.4 Å². The number of hydrogen-bond donors (Lipinski definition) is 1. The highest BCUT2D eigenvalue weighted by Gasteiger charge is 2.15. The van der Waals surface area contributed by atoms with Crippen molar-refractivity contribution in [2.75, 3.05) is 5.32 Å². The van der Waals surface area contributed by atoms with Gasteiger partial charge >= 0.3 is 6.09 Å². The summed E-state index contributed by atoms with van der Waals surface area (Å²) >= 11 is 3.36. The van der Waals surface area contributed by atoms with E-state index in [0.717, 1.165) is 15.6 Å². The van der Waals surface area contributed by atoms with Gasteiger partial charge in [-0.2, -0.15) is 0 Å². The molecular weight excluding hydrogens is 362 g/mol. The number of benzene rings is 2. The van der Waals surface area contributed by atoms with Gasteiger partial charge in [-0.25, -0.2) is 9.42 Å². The Kier molecular flexibility index (Phi) is 4.68. The first-order valence-electron chi connectivity index (χ1n) is 6.78. The molecule has 0 aliphatic carbocycles. The molecule has 0 saturated heterocycles. The quantitative estimate of drug-likeness (QED) is 0.739. The molecule has 1 heterocycles. The summed E-state index contributed by atoms with van der Waals surface area (Å²) in [4.78, 5) is 11.9. The van der Waals surface area contributed by atoms with Crippen molar-refractivity contribution in [1.82, 2.24) is 10.3 Å². The van der Waals surface area contributed by atoms with Gasteiger partial charge in [0, 0.05) is 10.0 Å². The minimum Gasteiger partial charge on any atom is -0.444 e. The molecule has 7 heteroatoms. The van der Waals surface area contributed by atoms with E-state index in [0.29, 0.717) is 5.69 Å². The third-order valence-corrected chi connectivity index (χ3v) is 3.57. The molecule has 0 aliphatic rings. The normalized spacial score (nSPS) is 10.3. The molecule has 0 spiro atoms. The van der Waals surface area contributed by atoms with Gasteiger partial charge in [0.05, 0.1) is 0 Å². The molecule has 3 aromatic rings. The lowest BCUT2D eigenvalue weighted by Gasteiger charge is -2.05. The summed E-state index contributed by atoms with van der Waals surface area (Å²) in [5.41, 5.74) is 2.11. The van der Waals surface area contributed by atoms with Gasteiger partial charge in [0.2, 0.25) is 5.82 Å². The molecule has 1 amide bonds. The van der Waals surface area contributed by atoms with Crippen molar-refractivity contribution in [3.05, 3.63) is 64.6 Å². The number of nitrogens with one attached hydrogen (secondary N) is 1. The van der Waals surface area contributed by atoms with E-state index < -0.39 is 6.09 Å². The van der Waals surface area contributed by atoms with E-state index >= 15 is 0 Å². The zero-order valence-corrected chi connectivity index (χ0v) is 13.5. The fraction of sp³-hybridized carbons (Fsp3) is 0.0625. The summed E-state index contributed by atoms with van der Waals surface area (Å²) in [7, 11) is 0. The van der Waals surface area contributed by atoms with Gasteiger partial charge in [-0.3, -0.25) is 5.32 Å². The average Bonchev–Trinajstić information content (AvgIpc) is 3.03. The topological polar surface area (TPSA) is 77.3 Å². The lowest BCUT2D eigenvalue weighted by atomic mass is 10.1. The summed E-state index contributed by atoms with van der Waals surface area (Å²) in [6.07, 6.45) is -0.622. The van der Waals surface area contributed by atoms with E-state index in [2.05, 4.69) is 31.6 Å². The van der Waals surface area contributed by atoms with Crippen molar-refractivity contribution >= 4 is 27.8 Å². The number of amides is 1. The molecule has 23 heavy (non-hydrogen) atoms. The van der Waals surface area contributed by atoms with Crippen LogP contribution in [0.2, 0.25) is 0 Å². The Morgan fingerprint density at radius 1 is 1.09 bits per heavy atom. The summed E-state index contributed by atoms with van der Waals surface area (Å²) in [6, 6.07) is 16.8. The molecule has 0 saturated carbocycles. The third kappa shape index (κ3) is 3.95. The maximum Gasteiger partial charge on any atom is 0.413 e. The fourth-order valence-corrected chi connectivity index (χ4v) is 2.19. The largest absolute Gasteiger partial charge is 0.444 e. The maximum atomic E-state index is 11.9. The molecule has 6 nitrogen and oxygen atoms in total. The van der Waals surface area contributed by atoms with Crippen molar-refractivity contribution in [3.8, 4) is 11.3 Å². The highest BCUT2D eigenvalue weighted by Crippen LogP contribution is 2.25. The zero-order valence-electron chi connectivity index (χ0n) is 11.9. The minimum absolute atomic E-state index is 0.172. The Morgan fingerprint density at radius 2 is 1.83 bits per heavy atom. The van der Waals surface area contributed by atoms with Crippen LogP contribution >= 0.6 is 15.9 Å². The molecule has 0 fully saturated rings. The van der Waals surface area contributed by atoms with Crippen molar-refractivity contribution in [1.29, 1.82) is 0 Å². The standard InChI is InChI=1S/C16H12BrN3O3/c17-13-8-6-12(7-9-13)14-15(20-23-19-14)18-16(21)22-10-11-4-2-1-3-5-11/h1-9H,10H2,(H,18,20,21). The van der Waals surface area contributed by atoms with Gasteiger partial charge in [-0.05, 0) is 28.0 Å². The van der Waals surface area contributed by atoms with Crippen LogP contribution in [0.15, 0.2) is 63.7 Å². The molecular formula is C16H12BrN3O3. The second-order valence-corrected chi connectivity index (χ2v) is 5.57. The van der Waals surface area contributed by atoms with Gasteiger partial charge in [-0.15, -0.1) is 0 Å². The van der Waals surface area contributed by atoms with Crippen molar-refractivity contribution < 1.29 is 14.2 Å². The zero-order chi connectivity index (χ0) is 16.1. The van der Waals surface area contributed by atoms with Crippen molar-refractivity contribution in [2.45, 2.75) is 6.61 Å². The van der Waals surface area contributed by atoms with E-state index in [1.807, 2.05) is 54.6 Å². The predicted molar refractivity (Wildman–Crippen MR) is 87.7 cm³/mol. The first kappa shape index (κ1) is 15.2. The van der Waals surface area contributed by atoms with E-state index in [4.69, 9.17) is 9.37 Å². The predicted octanol–water partition coefficient (Wildman–Crippen LogP) is 4.25.